The number of thioether (sulfide) groups is 1. The smallest absolute Gasteiger partial charge is 0.148 e. The van der Waals surface area contributed by atoms with Crippen LogP contribution in [0.3, 0.4) is 0 Å². The molecule has 0 saturated heterocycles. The van der Waals surface area contributed by atoms with Crippen molar-refractivity contribution in [1.29, 1.82) is 0 Å². The van der Waals surface area contributed by atoms with Crippen molar-refractivity contribution in [3.8, 4) is 0 Å². The second-order valence-corrected chi connectivity index (χ2v) is 15.0. The monoisotopic (exact) mass is 620 g/mol. The molecule has 226 valence electrons. The highest BCUT2D eigenvalue weighted by Crippen LogP contribution is 2.59. The van der Waals surface area contributed by atoms with Crippen molar-refractivity contribution in [1.82, 2.24) is 9.97 Å². The van der Waals surface area contributed by atoms with Gasteiger partial charge < -0.3 is 0 Å². The Kier molecular flexibility index (Phi) is 9.76. The van der Waals surface area contributed by atoms with E-state index in [-0.39, 0.29) is 0 Å². The third-order valence-electron chi connectivity index (χ3n) is 8.09. The Hall–Kier alpha value is -3.68. The van der Waals surface area contributed by atoms with Gasteiger partial charge in [-0.2, -0.15) is 0 Å². The Balaban J connectivity index is 0.000000175. The van der Waals surface area contributed by atoms with Crippen LogP contribution in [0.1, 0.15) is 57.7 Å². The Morgan fingerprint density at radius 2 is 1.07 bits per heavy atom. The number of benzene rings is 4. The van der Waals surface area contributed by atoms with Crippen LogP contribution in [0.25, 0.3) is 21.8 Å². The van der Waals surface area contributed by atoms with Crippen LogP contribution >= 0.6 is 22.4 Å². The average molecular weight is 621 g/mol. The molecule has 2 heterocycles. The zero-order valence-corrected chi connectivity index (χ0v) is 27.8. The molecule has 0 spiro atoms. The minimum Gasteiger partial charge on any atom is -0.293 e. The van der Waals surface area contributed by atoms with Crippen LogP contribution < -0.4 is 0 Å². The van der Waals surface area contributed by atoms with E-state index < -0.39 is 15.8 Å². The van der Waals surface area contributed by atoms with Gasteiger partial charge in [-0.1, -0.05) is 109 Å². The predicted octanol–water partition coefficient (Wildman–Crippen LogP) is 11.4. The molecular weight excluding hydrogens is 581 g/mol. The second-order valence-electron chi connectivity index (χ2n) is 11.3. The lowest BCUT2D eigenvalue weighted by atomic mass is 10.1. The molecule has 0 aliphatic heterocycles. The van der Waals surface area contributed by atoms with Crippen LogP contribution in [-0.2, 0) is 0 Å². The quantitative estimate of drug-likeness (QED) is 0.181. The summed E-state index contributed by atoms with van der Waals surface area (Å²) in [6.45, 7) is 12.3. The Bertz CT molecular complexity index is 1890. The molecule has 2 unspecified atom stereocenters. The summed E-state index contributed by atoms with van der Waals surface area (Å²) in [6, 6.07) is 36.6. The van der Waals surface area contributed by atoms with Crippen LogP contribution in [0.15, 0.2) is 119 Å². The van der Waals surface area contributed by atoms with Gasteiger partial charge in [0.05, 0.1) is 21.3 Å². The molecule has 0 aliphatic carbocycles. The summed E-state index contributed by atoms with van der Waals surface area (Å²) < 4.78 is 21.7. The Morgan fingerprint density at radius 3 is 1.64 bits per heavy atom. The van der Waals surface area contributed by atoms with Gasteiger partial charge in [0.2, 0.25) is 0 Å². The molecule has 6 rings (SSSR count). The highest BCUT2D eigenvalue weighted by Gasteiger charge is 2.27. The first-order valence-corrected chi connectivity index (χ1v) is 17.3. The first-order chi connectivity index (χ1) is 21.1. The third kappa shape index (κ3) is 6.84. The fourth-order valence-electron chi connectivity index (χ4n) is 5.34. The molecule has 0 aliphatic rings. The number of fused-ring (bicyclic) bond motifs is 2. The van der Waals surface area contributed by atoms with Gasteiger partial charge in [-0.15, -0.1) is 10.6 Å². The standard InChI is InChI=1S/C19H21NO2S.C19H19NS/c1-13-8-7-11-17-14(2)12-18(20-19(13)17)23(21,22)15(3)16-9-5-4-6-10-16;1-13-8-7-11-17-14(2)12-18(20-19(13)17)21-15(3)16-9-5-4-6-10-16/h4-12,15,21-22H,1-3H3;4-12,15H,1-3H3. The number of aromatic nitrogens is 2. The Labute approximate surface area is 267 Å². The third-order valence-corrected chi connectivity index (χ3v) is 11.2. The van der Waals surface area contributed by atoms with Gasteiger partial charge in [0.25, 0.3) is 0 Å². The maximum absolute atomic E-state index is 10.9. The van der Waals surface area contributed by atoms with E-state index in [9.17, 15) is 9.11 Å². The van der Waals surface area contributed by atoms with Crippen molar-refractivity contribution in [2.75, 3.05) is 0 Å². The number of hydrogen-bond donors (Lipinski definition) is 2. The van der Waals surface area contributed by atoms with Gasteiger partial charge in [0.15, 0.2) is 0 Å². The first kappa shape index (κ1) is 31.7. The summed E-state index contributed by atoms with van der Waals surface area (Å²) in [6.07, 6.45) is 0. The lowest BCUT2D eigenvalue weighted by molar-refractivity contribution is 0.471. The topological polar surface area (TPSA) is 66.2 Å². The van der Waals surface area contributed by atoms with Crippen molar-refractivity contribution in [2.45, 2.75) is 62.1 Å². The summed E-state index contributed by atoms with van der Waals surface area (Å²) in [5.74, 6) is 0. The van der Waals surface area contributed by atoms with E-state index in [4.69, 9.17) is 4.98 Å². The molecule has 0 saturated carbocycles. The van der Waals surface area contributed by atoms with E-state index in [1.54, 1.807) is 6.07 Å². The minimum absolute atomic E-state index is 0.369. The van der Waals surface area contributed by atoms with Crippen molar-refractivity contribution in [3.63, 3.8) is 0 Å². The van der Waals surface area contributed by atoms with Gasteiger partial charge in [0.1, 0.15) is 5.03 Å². The Morgan fingerprint density at radius 1 is 0.568 bits per heavy atom. The van der Waals surface area contributed by atoms with E-state index >= 15 is 0 Å². The number of hydrogen-bond acceptors (Lipinski definition) is 5. The van der Waals surface area contributed by atoms with Gasteiger partial charge >= 0.3 is 0 Å². The van der Waals surface area contributed by atoms with Crippen LogP contribution in [-0.4, -0.2) is 19.1 Å². The normalized spacial score (nSPS) is 13.3. The molecule has 0 bridgehead atoms. The van der Waals surface area contributed by atoms with Crippen molar-refractivity contribution in [3.05, 3.63) is 143 Å². The van der Waals surface area contributed by atoms with Crippen molar-refractivity contribution < 1.29 is 9.11 Å². The fourth-order valence-corrected chi connectivity index (χ4v) is 7.86. The number of para-hydroxylation sites is 2. The number of aryl methyl sites for hydroxylation is 4. The number of rotatable bonds is 6. The molecule has 4 nitrogen and oxygen atoms in total. The molecule has 44 heavy (non-hydrogen) atoms. The van der Waals surface area contributed by atoms with Crippen molar-refractivity contribution in [2.24, 2.45) is 0 Å². The van der Waals surface area contributed by atoms with E-state index in [1.165, 1.54) is 22.1 Å². The molecule has 0 amide bonds. The molecule has 6 heteroatoms. The molecule has 2 aromatic heterocycles. The maximum atomic E-state index is 10.9. The molecule has 0 fully saturated rings. The molecule has 4 aromatic carbocycles. The van der Waals surface area contributed by atoms with Gasteiger partial charge in [-0.3, -0.25) is 9.11 Å². The zero-order chi connectivity index (χ0) is 31.4. The SMILES string of the molecule is Cc1cc(S(O)(O)C(C)c2ccccc2)nc2c(C)cccc12.Cc1cc(SC(C)c2ccccc2)nc2c(C)cccc12. The molecule has 2 atom stereocenters. The average Bonchev–Trinajstić information content (AvgIpc) is 3.03. The largest absolute Gasteiger partial charge is 0.293 e. The zero-order valence-electron chi connectivity index (χ0n) is 26.2. The molecular formula is C38H40N2O2S2. The highest BCUT2D eigenvalue weighted by atomic mass is 32.3. The van der Waals surface area contributed by atoms with E-state index in [0.29, 0.717) is 10.3 Å². The number of nitrogens with zero attached hydrogens (tertiary/aromatic N) is 2. The fraction of sp³-hybridized carbons (Fsp3) is 0.211. The molecule has 0 radical (unpaired) electrons. The van der Waals surface area contributed by atoms with Crippen LogP contribution in [0.4, 0.5) is 0 Å². The van der Waals surface area contributed by atoms with E-state index in [1.807, 2.05) is 81.1 Å². The van der Waals surface area contributed by atoms with Crippen LogP contribution in [0.5, 0.6) is 0 Å². The van der Waals surface area contributed by atoms with E-state index in [0.717, 1.165) is 38.1 Å². The van der Waals surface area contributed by atoms with Gasteiger partial charge in [-0.05, 0) is 87.1 Å². The second kappa shape index (κ2) is 13.5. The van der Waals surface area contributed by atoms with Crippen LogP contribution in [0, 0.1) is 27.7 Å². The molecule has 6 aromatic rings. The minimum atomic E-state index is -3.03. The predicted molar refractivity (Wildman–Crippen MR) is 189 cm³/mol. The van der Waals surface area contributed by atoms with Crippen LogP contribution in [0.2, 0.25) is 0 Å². The lowest BCUT2D eigenvalue weighted by Crippen LogP contribution is -2.10. The summed E-state index contributed by atoms with van der Waals surface area (Å²) in [7, 11) is -3.03. The van der Waals surface area contributed by atoms with E-state index in [2.05, 4.69) is 80.4 Å². The molecule has 2 N–H and O–H groups in total. The maximum Gasteiger partial charge on any atom is 0.148 e. The summed E-state index contributed by atoms with van der Waals surface area (Å²) in [4.78, 5) is 9.45. The number of pyridine rings is 2. The summed E-state index contributed by atoms with van der Waals surface area (Å²) >= 11 is 1.82. The van der Waals surface area contributed by atoms with Crippen molar-refractivity contribution >= 4 is 44.2 Å². The summed E-state index contributed by atoms with van der Waals surface area (Å²) in [5.41, 5.74) is 8.78. The van der Waals surface area contributed by atoms with Gasteiger partial charge in [0, 0.05) is 16.0 Å². The first-order valence-electron chi connectivity index (χ1n) is 14.8. The lowest BCUT2D eigenvalue weighted by Gasteiger charge is -2.38. The highest BCUT2D eigenvalue weighted by molar-refractivity contribution is 8.24. The van der Waals surface area contributed by atoms with Gasteiger partial charge in [-0.25, -0.2) is 9.97 Å². The summed E-state index contributed by atoms with van der Waals surface area (Å²) in [5, 5.41) is 3.78.